The molecule has 1 fully saturated rings. The van der Waals surface area contributed by atoms with Crippen molar-refractivity contribution in [3.8, 4) is 11.5 Å². The molecule has 1 N–H and O–H groups in total. The van der Waals surface area contributed by atoms with Crippen molar-refractivity contribution in [2.75, 3.05) is 18.1 Å². The van der Waals surface area contributed by atoms with Gasteiger partial charge in [0.05, 0.1) is 5.57 Å². The fourth-order valence-corrected chi connectivity index (χ4v) is 6.63. The molecule has 0 saturated carbocycles. The van der Waals surface area contributed by atoms with E-state index in [1.165, 1.54) is 36.0 Å². The van der Waals surface area contributed by atoms with Gasteiger partial charge in [-0.1, -0.05) is 71.1 Å². The first kappa shape index (κ1) is 26.3. The number of amides is 1. The number of hydrogen-bond acceptors (Lipinski definition) is 9. The second-order valence-electron chi connectivity index (χ2n) is 8.78. The van der Waals surface area contributed by atoms with Gasteiger partial charge in [-0.25, -0.2) is 4.39 Å². The smallest absolute Gasteiger partial charge is 0.301 e. The summed E-state index contributed by atoms with van der Waals surface area (Å²) in [6, 6.07) is 16.6. The van der Waals surface area contributed by atoms with Crippen LogP contribution in [0.1, 0.15) is 22.7 Å². The lowest BCUT2D eigenvalue weighted by Crippen LogP contribution is -2.29. The SMILES string of the molecule is O=C1C(=O)N(c2nnc(SCc3ccccc3Cl)s2)[C@@H](c2ccccc2F)/C1=C(\O)c1ccc2c(c1)OCCO2. The molecule has 3 heterocycles. The lowest BCUT2D eigenvalue weighted by Gasteiger charge is -2.23. The van der Waals surface area contributed by atoms with Gasteiger partial charge in [0.1, 0.15) is 30.8 Å². The van der Waals surface area contributed by atoms with Crippen LogP contribution in [-0.2, 0) is 15.3 Å². The summed E-state index contributed by atoms with van der Waals surface area (Å²) in [5.74, 6) is -1.66. The standard InChI is InChI=1S/C28H19ClFN3O5S2/c29-18-7-3-1-5-16(18)14-39-28-32-31-27(40-28)33-23(17-6-2-4-8-19(17)30)22(25(35)26(33)36)24(34)15-9-10-20-21(13-15)38-12-11-37-20/h1-10,13,23,34H,11-12,14H2/b24-22+/t23-/m0/s1. The topological polar surface area (TPSA) is 102 Å². The van der Waals surface area contributed by atoms with E-state index >= 15 is 4.39 Å². The van der Waals surface area contributed by atoms with Gasteiger partial charge < -0.3 is 14.6 Å². The average Bonchev–Trinajstić information content (AvgIpc) is 3.54. The molecule has 2 aliphatic rings. The molecule has 0 radical (unpaired) electrons. The summed E-state index contributed by atoms with van der Waals surface area (Å²) >= 11 is 8.70. The van der Waals surface area contributed by atoms with E-state index < -0.39 is 29.3 Å². The summed E-state index contributed by atoms with van der Waals surface area (Å²) in [6.45, 7) is 0.710. The van der Waals surface area contributed by atoms with Gasteiger partial charge in [0.15, 0.2) is 15.8 Å². The van der Waals surface area contributed by atoms with Crippen LogP contribution in [0.2, 0.25) is 5.02 Å². The Bertz CT molecular complexity index is 1680. The number of nitrogens with zero attached hydrogens (tertiary/aromatic N) is 3. The zero-order chi connectivity index (χ0) is 27.8. The molecule has 12 heteroatoms. The number of hydrogen-bond donors (Lipinski definition) is 1. The maximum atomic E-state index is 15.2. The second-order valence-corrected chi connectivity index (χ2v) is 11.4. The van der Waals surface area contributed by atoms with E-state index in [2.05, 4.69) is 10.2 Å². The van der Waals surface area contributed by atoms with Crippen molar-refractivity contribution in [2.45, 2.75) is 16.1 Å². The molecule has 0 aliphatic carbocycles. The number of aliphatic hydroxyl groups excluding tert-OH is 1. The van der Waals surface area contributed by atoms with Gasteiger partial charge in [0.25, 0.3) is 5.78 Å². The number of rotatable bonds is 6. The Morgan fingerprint density at radius 1 is 1.05 bits per heavy atom. The number of carbonyl (C=O) groups is 2. The van der Waals surface area contributed by atoms with Crippen LogP contribution >= 0.6 is 34.7 Å². The first-order chi connectivity index (χ1) is 19.4. The van der Waals surface area contributed by atoms with Gasteiger partial charge in [0.2, 0.25) is 5.13 Å². The molecule has 3 aromatic carbocycles. The van der Waals surface area contributed by atoms with Crippen LogP contribution < -0.4 is 14.4 Å². The molecule has 1 saturated heterocycles. The summed E-state index contributed by atoms with van der Waals surface area (Å²) in [5, 5.41) is 20.4. The molecule has 1 aromatic heterocycles. The molecule has 2 aliphatic heterocycles. The Kier molecular flexibility index (Phi) is 7.18. The zero-order valence-corrected chi connectivity index (χ0v) is 22.9. The molecule has 0 bridgehead atoms. The number of fused-ring (bicyclic) bond motifs is 1. The van der Waals surface area contributed by atoms with Crippen molar-refractivity contribution >= 4 is 57.3 Å². The van der Waals surface area contributed by atoms with Gasteiger partial charge >= 0.3 is 5.91 Å². The molecular formula is C28H19ClFN3O5S2. The molecule has 6 rings (SSSR count). The summed E-state index contributed by atoms with van der Waals surface area (Å²) in [4.78, 5) is 27.9. The number of benzene rings is 3. The normalized spacial score (nSPS) is 17.9. The predicted octanol–water partition coefficient (Wildman–Crippen LogP) is 6.02. The van der Waals surface area contributed by atoms with Crippen molar-refractivity contribution in [3.05, 3.63) is 99.8 Å². The quantitative estimate of drug-likeness (QED) is 0.0949. The Morgan fingerprint density at radius 3 is 2.60 bits per heavy atom. The number of Topliss-reactive ketones (excluding diaryl/α,β-unsaturated/α-hetero) is 1. The maximum Gasteiger partial charge on any atom is 0.301 e. The number of carbonyl (C=O) groups excluding carboxylic acids is 2. The molecule has 1 amide bonds. The van der Waals surface area contributed by atoms with E-state index in [1.54, 1.807) is 24.3 Å². The minimum atomic E-state index is -1.27. The fourth-order valence-electron chi connectivity index (χ4n) is 4.48. The molecular weight excluding hydrogens is 577 g/mol. The summed E-state index contributed by atoms with van der Waals surface area (Å²) < 4.78 is 26.8. The van der Waals surface area contributed by atoms with Crippen molar-refractivity contribution in [1.29, 1.82) is 0 Å². The summed E-state index contributed by atoms with van der Waals surface area (Å²) in [6.07, 6.45) is 0. The minimum Gasteiger partial charge on any atom is -0.507 e. The van der Waals surface area contributed by atoms with Crippen LogP contribution in [-0.4, -0.2) is 40.2 Å². The summed E-state index contributed by atoms with van der Waals surface area (Å²) in [5.41, 5.74) is 0.877. The monoisotopic (exact) mass is 595 g/mol. The third-order valence-electron chi connectivity index (χ3n) is 6.37. The van der Waals surface area contributed by atoms with Crippen LogP contribution in [0.5, 0.6) is 11.5 Å². The largest absolute Gasteiger partial charge is 0.507 e. The zero-order valence-electron chi connectivity index (χ0n) is 20.5. The minimum absolute atomic E-state index is 0.0289. The van der Waals surface area contributed by atoms with E-state index in [0.29, 0.717) is 39.8 Å². The van der Waals surface area contributed by atoms with Gasteiger partial charge in [-0.05, 0) is 35.9 Å². The highest BCUT2D eigenvalue weighted by atomic mass is 35.5. The average molecular weight is 596 g/mol. The van der Waals surface area contributed by atoms with Crippen LogP contribution in [0.25, 0.3) is 5.76 Å². The lowest BCUT2D eigenvalue weighted by atomic mass is 9.95. The van der Waals surface area contributed by atoms with E-state index in [0.717, 1.165) is 21.8 Å². The third kappa shape index (κ3) is 4.80. The van der Waals surface area contributed by atoms with Crippen molar-refractivity contribution in [2.24, 2.45) is 0 Å². The molecule has 40 heavy (non-hydrogen) atoms. The molecule has 8 nitrogen and oxygen atoms in total. The number of ether oxygens (including phenoxy) is 2. The third-order valence-corrected chi connectivity index (χ3v) is 8.84. The Labute approximate surface area is 241 Å². The summed E-state index contributed by atoms with van der Waals surface area (Å²) in [7, 11) is 0. The second kappa shape index (κ2) is 10.9. The molecule has 4 aromatic rings. The van der Waals surface area contributed by atoms with Gasteiger partial charge in [-0.2, -0.15) is 0 Å². The Morgan fingerprint density at radius 2 is 1.80 bits per heavy atom. The Hall–Kier alpha value is -3.93. The van der Waals surface area contributed by atoms with Crippen LogP contribution in [0, 0.1) is 5.82 Å². The maximum absolute atomic E-state index is 15.2. The van der Waals surface area contributed by atoms with Crippen molar-refractivity contribution < 1.29 is 28.6 Å². The van der Waals surface area contributed by atoms with Crippen molar-refractivity contribution in [1.82, 2.24) is 10.2 Å². The fraction of sp³-hybridized carbons (Fsp3) is 0.143. The highest BCUT2D eigenvalue weighted by molar-refractivity contribution is 8.00. The Balaban J connectivity index is 1.40. The van der Waals surface area contributed by atoms with Gasteiger partial charge in [0, 0.05) is 21.9 Å². The van der Waals surface area contributed by atoms with Crippen LogP contribution in [0.15, 0.2) is 76.6 Å². The highest BCUT2D eigenvalue weighted by Crippen LogP contribution is 2.45. The van der Waals surface area contributed by atoms with Gasteiger partial charge in [-0.15, -0.1) is 10.2 Å². The molecule has 1 atom stereocenters. The molecule has 0 spiro atoms. The number of aliphatic hydroxyl groups is 1. The highest BCUT2D eigenvalue weighted by Gasteiger charge is 2.49. The van der Waals surface area contributed by atoms with Crippen LogP contribution in [0.4, 0.5) is 9.52 Å². The van der Waals surface area contributed by atoms with Gasteiger partial charge in [-0.3, -0.25) is 14.5 Å². The predicted molar refractivity (Wildman–Crippen MR) is 150 cm³/mol. The number of anilines is 1. The van der Waals surface area contributed by atoms with E-state index in [1.807, 2.05) is 18.2 Å². The first-order valence-electron chi connectivity index (χ1n) is 12.1. The molecule has 202 valence electrons. The first-order valence-corrected chi connectivity index (χ1v) is 14.3. The number of halogens is 2. The van der Waals surface area contributed by atoms with Crippen LogP contribution in [0.3, 0.4) is 0 Å². The van der Waals surface area contributed by atoms with E-state index in [9.17, 15) is 14.7 Å². The lowest BCUT2D eigenvalue weighted by molar-refractivity contribution is -0.132. The van der Waals surface area contributed by atoms with E-state index in [4.69, 9.17) is 21.1 Å². The molecule has 0 unspecified atom stereocenters. The number of aromatic nitrogens is 2. The van der Waals surface area contributed by atoms with E-state index in [-0.39, 0.29) is 21.8 Å². The van der Waals surface area contributed by atoms with Crippen molar-refractivity contribution in [3.63, 3.8) is 0 Å². The number of thioether (sulfide) groups is 1. The number of ketones is 1.